The van der Waals surface area contributed by atoms with Gasteiger partial charge in [0, 0.05) is 24.4 Å². The molecule has 0 amide bonds. The average molecular weight is 249 g/mol. The molecule has 1 aliphatic carbocycles. The van der Waals surface area contributed by atoms with Gasteiger partial charge < -0.3 is 10.1 Å². The van der Waals surface area contributed by atoms with Crippen molar-refractivity contribution >= 4 is 5.82 Å². The first-order chi connectivity index (χ1) is 8.58. The summed E-state index contributed by atoms with van der Waals surface area (Å²) in [7, 11) is 0. The third-order valence-electron chi connectivity index (χ3n) is 3.32. The number of aryl methyl sites for hydroxylation is 1. The van der Waals surface area contributed by atoms with Crippen LogP contribution in [0.4, 0.5) is 5.82 Å². The maximum atomic E-state index is 5.76. The second-order valence-electron chi connectivity index (χ2n) is 5.15. The molecular formula is C14H23N3O. The van der Waals surface area contributed by atoms with Gasteiger partial charge in [0.2, 0.25) is 0 Å². The van der Waals surface area contributed by atoms with E-state index in [9.17, 15) is 0 Å². The van der Waals surface area contributed by atoms with E-state index < -0.39 is 5.60 Å². The Labute approximate surface area is 109 Å². The standard InChI is InChI=1S/C14H23N3O/c1-5-15-12-10-8-7-9-11(10)16-13(17-12)14(3,4)18-6-2/h5-9H2,1-4H3,(H,15,16,17). The van der Waals surface area contributed by atoms with Crippen molar-refractivity contribution in [2.75, 3.05) is 18.5 Å². The van der Waals surface area contributed by atoms with E-state index in [0.717, 1.165) is 31.0 Å². The maximum absolute atomic E-state index is 5.76. The van der Waals surface area contributed by atoms with Crippen LogP contribution < -0.4 is 5.32 Å². The van der Waals surface area contributed by atoms with Crippen molar-refractivity contribution in [3.8, 4) is 0 Å². The third kappa shape index (κ3) is 2.48. The summed E-state index contributed by atoms with van der Waals surface area (Å²) in [6.07, 6.45) is 3.33. The lowest BCUT2D eigenvalue weighted by atomic mass is 10.1. The zero-order valence-corrected chi connectivity index (χ0v) is 11.8. The summed E-state index contributed by atoms with van der Waals surface area (Å²) in [5, 5.41) is 3.36. The molecule has 0 aromatic carbocycles. The molecule has 18 heavy (non-hydrogen) atoms. The number of ether oxygens (including phenoxy) is 1. The predicted molar refractivity (Wildman–Crippen MR) is 72.9 cm³/mol. The van der Waals surface area contributed by atoms with Crippen LogP contribution in [0.15, 0.2) is 0 Å². The zero-order valence-electron chi connectivity index (χ0n) is 11.8. The van der Waals surface area contributed by atoms with Gasteiger partial charge in [0.1, 0.15) is 11.4 Å². The van der Waals surface area contributed by atoms with Crippen LogP contribution in [0.1, 0.15) is 51.2 Å². The second kappa shape index (κ2) is 5.22. The van der Waals surface area contributed by atoms with Crippen molar-refractivity contribution in [1.82, 2.24) is 9.97 Å². The fourth-order valence-corrected chi connectivity index (χ4v) is 2.44. The summed E-state index contributed by atoms with van der Waals surface area (Å²) in [5.74, 6) is 1.80. The molecule has 0 saturated heterocycles. The van der Waals surface area contributed by atoms with E-state index in [4.69, 9.17) is 9.72 Å². The Bertz CT molecular complexity index is 429. The molecule has 4 nitrogen and oxygen atoms in total. The van der Waals surface area contributed by atoms with Gasteiger partial charge in [0.25, 0.3) is 0 Å². The maximum Gasteiger partial charge on any atom is 0.162 e. The van der Waals surface area contributed by atoms with Crippen LogP contribution in [0.3, 0.4) is 0 Å². The van der Waals surface area contributed by atoms with Crippen LogP contribution in [0.2, 0.25) is 0 Å². The smallest absolute Gasteiger partial charge is 0.162 e. The molecule has 0 atom stereocenters. The highest BCUT2D eigenvalue weighted by molar-refractivity contribution is 5.49. The van der Waals surface area contributed by atoms with Gasteiger partial charge in [-0.1, -0.05) is 0 Å². The number of anilines is 1. The lowest BCUT2D eigenvalue weighted by Gasteiger charge is -2.24. The molecule has 1 aromatic heterocycles. The first kappa shape index (κ1) is 13.3. The van der Waals surface area contributed by atoms with Crippen LogP contribution in [-0.2, 0) is 23.2 Å². The van der Waals surface area contributed by atoms with Crippen molar-refractivity contribution < 1.29 is 4.74 Å². The van der Waals surface area contributed by atoms with Gasteiger partial charge in [-0.3, -0.25) is 0 Å². The first-order valence-corrected chi connectivity index (χ1v) is 6.86. The van der Waals surface area contributed by atoms with Crippen molar-refractivity contribution in [1.29, 1.82) is 0 Å². The molecule has 0 unspecified atom stereocenters. The highest BCUT2D eigenvalue weighted by atomic mass is 16.5. The highest BCUT2D eigenvalue weighted by Gasteiger charge is 2.28. The minimum absolute atomic E-state index is 0.420. The molecule has 1 aliphatic rings. The summed E-state index contributed by atoms with van der Waals surface area (Å²) in [5.41, 5.74) is 2.08. The van der Waals surface area contributed by atoms with E-state index in [-0.39, 0.29) is 0 Å². The van der Waals surface area contributed by atoms with E-state index in [2.05, 4.69) is 17.2 Å². The minimum Gasteiger partial charge on any atom is -0.370 e. The van der Waals surface area contributed by atoms with E-state index in [1.54, 1.807) is 0 Å². The summed E-state index contributed by atoms with van der Waals surface area (Å²) >= 11 is 0. The lowest BCUT2D eigenvalue weighted by Crippen LogP contribution is -2.26. The average Bonchev–Trinajstić information content (AvgIpc) is 2.77. The number of aromatic nitrogens is 2. The minimum atomic E-state index is -0.420. The van der Waals surface area contributed by atoms with Crippen molar-refractivity contribution in [2.24, 2.45) is 0 Å². The molecule has 1 heterocycles. The zero-order chi connectivity index (χ0) is 13.2. The van der Waals surface area contributed by atoms with Gasteiger partial charge >= 0.3 is 0 Å². The lowest BCUT2D eigenvalue weighted by molar-refractivity contribution is -0.0208. The van der Waals surface area contributed by atoms with Crippen LogP contribution in [0.25, 0.3) is 0 Å². The van der Waals surface area contributed by atoms with Crippen LogP contribution in [0, 0.1) is 0 Å². The topological polar surface area (TPSA) is 47.0 Å². The summed E-state index contributed by atoms with van der Waals surface area (Å²) in [6, 6.07) is 0. The fraction of sp³-hybridized carbons (Fsp3) is 0.714. The highest BCUT2D eigenvalue weighted by Crippen LogP contribution is 2.30. The van der Waals surface area contributed by atoms with Gasteiger partial charge in [-0.25, -0.2) is 9.97 Å². The Hall–Kier alpha value is -1.16. The summed E-state index contributed by atoms with van der Waals surface area (Å²) in [6.45, 7) is 9.71. The van der Waals surface area contributed by atoms with Gasteiger partial charge in [0.15, 0.2) is 5.82 Å². The number of fused-ring (bicyclic) bond motifs is 1. The molecule has 0 saturated carbocycles. The van der Waals surface area contributed by atoms with Crippen LogP contribution in [0.5, 0.6) is 0 Å². The van der Waals surface area contributed by atoms with E-state index in [0.29, 0.717) is 6.61 Å². The second-order valence-corrected chi connectivity index (χ2v) is 5.15. The first-order valence-electron chi connectivity index (χ1n) is 6.86. The molecular weight excluding hydrogens is 226 g/mol. The van der Waals surface area contributed by atoms with Crippen molar-refractivity contribution in [3.05, 3.63) is 17.1 Å². The van der Waals surface area contributed by atoms with Crippen LogP contribution in [-0.4, -0.2) is 23.1 Å². The Morgan fingerprint density at radius 1 is 1.22 bits per heavy atom. The molecule has 1 aromatic rings. The number of nitrogens with zero attached hydrogens (tertiary/aromatic N) is 2. The largest absolute Gasteiger partial charge is 0.370 e. The summed E-state index contributed by atoms with van der Waals surface area (Å²) < 4.78 is 5.76. The monoisotopic (exact) mass is 249 g/mol. The molecule has 2 rings (SSSR count). The number of hydrogen-bond donors (Lipinski definition) is 1. The molecule has 0 radical (unpaired) electrons. The Morgan fingerprint density at radius 3 is 2.67 bits per heavy atom. The molecule has 100 valence electrons. The number of rotatable bonds is 5. The molecule has 1 N–H and O–H groups in total. The van der Waals surface area contributed by atoms with Crippen molar-refractivity contribution in [2.45, 2.75) is 52.6 Å². The van der Waals surface area contributed by atoms with Crippen molar-refractivity contribution in [3.63, 3.8) is 0 Å². The number of hydrogen-bond acceptors (Lipinski definition) is 4. The number of nitrogens with one attached hydrogen (secondary N) is 1. The fourth-order valence-electron chi connectivity index (χ4n) is 2.44. The molecule has 0 aliphatic heterocycles. The van der Waals surface area contributed by atoms with Gasteiger partial charge in [-0.05, 0) is 47.0 Å². The van der Waals surface area contributed by atoms with Gasteiger partial charge in [-0.2, -0.15) is 0 Å². The Morgan fingerprint density at radius 2 is 2.00 bits per heavy atom. The molecule has 0 spiro atoms. The Kier molecular flexibility index (Phi) is 3.85. The molecule has 0 bridgehead atoms. The van der Waals surface area contributed by atoms with Gasteiger partial charge in [0.05, 0.1) is 0 Å². The quantitative estimate of drug-likeness (QED) is 0.871. The van der Waals surface area contributed by atoms with Crippen LogP contribution >= 0.6 is 0 Å². The SMILES string of the molecule is CCNc1nc(C(C)(C)OCC)nc2c1CCC2. The predicted octanol–water partition coefficient (Wildman–Crippen LogP) is 2.67. The van der Waals surface area contributed by atoms with E-state index in [1.165, 1.54) is 17.7 Å². The van der Waals surface area contributed by atoms with E-state index in [1.807, 2.05) is 20.8 Å². The molecule has 4 heteroatoms. The van der Waals surface area contributed by atoms with E-state index >= 15 is 0 Å². The Balaban J connectivity index is 2.41. The normalized spacial score (nSPS) is 14.7. The van der Waals surface area contributed by atoms with Gasteiger partial charge in [-0.15, -0.1) is 0 Å². The molecule has 0 fully saturated rings. The third-order valence-corrected chi connectivity index (χ3v) is 3.32. The summed E-state index contributed by atoms with van der Waals surface area (Å²) in [4.78, 5) is 9.39.